The van der Waals surface area contributed by atoms with Crippen LogP contribution >= 0.6 is 12.4 Å². The molecule has 0 aliphatic carbocycles. The Kier molecular flexibility index (Phi) is 16.7. The molecule has 0 N–H and O–H groups in total. The van der Waals surface area contributed by atoms with E-state index in [2.05, 4.69) is 29.7 Å². The zero-order chi connectivity index (χ0) is 16.0. The van der Waals surface area contributed by atoms with Gasteiger partial charge in [-0.2, -0.15) is 0 Å². The van der Waals surface area contributed by atoms with Crippen LogP contribution in [0.5, 0.6) is 0 Å². The molecule has 0 saturated carbocycles. The molecule has 0 unspecified atom stereocenters. The average Bonchev–Trinajstić information content (AvgIpc) is 2.59. The number of aromatic nitrogens is 1. The second-order valence-electron chi connectivity index (χ2n) is 3.80. The molecule has 0 fully saturated rings. The van der Waals surface area contributed by atoms with Crippen LogP contribution in [0.25, 0.3) is 0 Å². The number of nitrogens with zero attached hydrogens (tertiary/aromatic N) is 1. The molecule has 24 heavy (non-hydrogen) atoms. The first-order valence-electron chi connectivity index (χ1n) is 6.37. The average molecular weight is 463 g/mol. The van der Waals surface area contributed by atoms with Gasteiger partial charge < -0.3 is 22.5 Å². The molecular weight excluding hydrogens is 448 g/mol. The van der Waals surface area contributed by atoms with E-state index in [9.17, 15) is 9.90 Å². The van der Waals surface area contributed by atoms with Gasteiger partial charge in [0.25, 0.3) is 0 Å². The molecule has 2 aromatic carbocycles. The summed E-state index contributed by atoms with van der Waals surface area (Å²) < 4.78 is 0. The molecule has 0 saturated heterocycles. The van der Waals surface area contributed by atoms with Crippen molar-refractivity contribution in [2.75, 3.05) is 0 Å². The van der Waals surface area contributed by atoms with Gasteiger partial charge in [0.1, 0.15) is 0 Å². The van der Waals surface area contributed by atoms with E-state index in [-0.39, 0.29) is 46.9 Å². The van der Waals surface area contributed by atoms with Gasteiger partial charge in [0, 0.05) is 6.20 Å². The van der Waals surface area contributed by atoms with E-state index in [1.165, 1.54) is 18.3 Å². The first-order valence-corrected chi connectivity index (χ1v) is 6.78. The number of carboxylic acids is 1. The summed E-state index contributed by atoms with van der Waals surface area (Å²) >= 11 is 4.60. The van der Waals surface area contributed by atoms with Crippen LogP contribution in [0.3, 0.4) is 0 Å². The fraction of sp³-hybridized carbons (Fsp3) is 0. The van der Waals surface area contributed by atoms with Gasteiger partial charge >= 0.3 is 23.9 Å². The molecule has 0 amide bonds. The molecule has 6 heteroatoms. The number of carbonyl (C=O) groups excluding carboxylic acids is 1. The largest absolute Gasteiger partial charge is 2.00 e. The predicted molar refractivity (Wildman–Crippen MR) is 97.8 cm³/mol. The summed E-state index contributed by atoms with van der Waals surface area (Å²) in [7, 11) is 0. The van der Waals surface area contributed by atoms with Crippen LogP contribution in [0.2, 0.25) is 0 Å². The van der Waals surface area contributed by atoms with Crippen LogP contribution in [0.1, 0.15) is 10.4 Å². The smallest absolute Gasteiger partial charge is 0.760 e. The molecule has 0 aliphatic rings. The Labute approximate surface area is 170 Å². The maximum absolute atomic E-state index is 10.2. The molecule has 3 aromatic rings. The van der Waals surface area contributed by atoms with Gasteiger partial charge in [-0.25, -0.2) is 0 Å². The van der Waals surface area contributed by atoms with Crippen LogP contribution in [0.4, 0.5) is 0 Å². The Bertz CT molecular complexity index is 573. The second-order valence-corrected chi connectivity index (χ2v) is 4.18. The number of hydrogen-bond donors (Lipinski definition) is 0. The minimum atomic E-state index is -1.28. The predicted octanol–water partition coefficient (Wildman–Crippen LogP) is 2.37. The summed E-state index contributed by atoms with van der Waals surface area (Å²) in [6.07, 6.45) is 1.44. The Hall–Kier alpha value is -1.63. The summed E-state index contributed by atoms with van der Waals surface area (Å²) in [5.74, 6) is -1.28. The van der Waals surface area contributed by atoms with Gasteiger partial charge in [-0.05, 0) is 23.8 Å². The van der Waals surface area contributed by atoms with Crippen molar-refractivity contribution in [1.82, 2.24) is 4.98 Å². The molecule has 3 rings (SSSR count). The van der Waals surface area contributed by atoms with Gasteiger partial charge in [-0.15, -0.1) is 12.4 Å². The molecule has 0 spiro atoms. The van der Waals surface area contributed by atoms with E-state index in [0.717, 1.165) is 0 Å². The number of rotatable bonds is 1. The molecule has 0 aliphatic heterocycles. The van der Waals surface area contributed by atoms with Gasteiger partial charge in [-0.3, -0.25) is 4.98 Å². The minimum absolute atomic E-state index is 0. The molecule has 3 nitrogen and oxygen atoms in total. The molecule has 1 heterocycles. The van der Waals surface area contributed by atoms with Crippen molar-refractivity contribution in [3.63, 3.8) is 0 Å². The third-order valence-electron chi connectivity index (χ3n) is 2.21. The van der Waals surface area contributed by atoms with Crippen molar-refractivity contribution in [1.29, 1.82) is 0 Å². The Morgan fingerprint density at radius 1 is 0.917 bits per heavy atom. The maximum Gasteiger partial charge on any atom is 2.00 e. The number of pyridine rings is 1. The topological polar surface area (TPSA) is 53.0 Å². The number of hydrogen-bond acceptors (Lipinski definition) is 4. The Balaban J connectivity index is 0. The number of benzene rings is 2. The van der Waals surface area contributed by atoms with Crippen molar-refractivity contribution >= 4 is 54.9 Å². The molecule has 0 bridgehead atoms. The normalized spacial score (nSPS) is 7.83. The number of carboxylic acid groups (broad SMARTS) is 1. The SMILES string of the molecule is Cl.O=C([O-])c1cccnc1[S-].[Sn+2].[c]1ccccc1.[c]1ccccc1. The van der Waals surface area contributed by atoms with Crippen molar-refractivity contribution in [2.24, 2.45) is 0 Å². The van der Waals surface area contributed by atoms with E-state index in [4.69, 9.17) is 0 Å². The van der Waals surface area contributed by atoms with E-state index >= 15 is 0 Å². The summed E-state index contributed by atoms with van der Waals surface area (Å²) in [5, 5.41) is 10.3. The van der Waals surface area contributed by atoms with E-state index in [1.807, 2.05) is 60.7 Å². The zero-order valence-corrected chi connectivity index (χ0v) is 17.1. The maximum atomic E-state index is 10.2. The van der Waals surface area contributed by atoms with Crippen molar-refractivity contribution in [2.45, 2.75) is 5.03 Å². The van der Waals surface area contributed by atoms with E-state index in [0.29, 0.717) is 0 Å². The minimum Gasteiger partial charge on any atom is -0.760 e. The van der Waals surface area contributed by atoms with Crippen molar-refractivity contribution in [3.8, 4) is 0 Å². The van der Waals surface area contributed by atoms with Gasteiger partial charge in [0.15, 0.2) is 0 Å². The Morgan fingerprint density at radius 2 is 1.38 bits per heavy atom. The number of aromatic carboxylic acids is 1. The molecular formula is C18H14ClNO2SSn. The van der Waals surface area contributed by atoms with Crippen LogP contribution in [-0.4, -0.2) is 34.9 Å². The monoisotopic (exact) mass is 463 g/mol. The van der Waals surface area contributed by atoms with E-state index < -0.39 is 5.97 Å². The number of carbonyl (C=O) groups is 1. The van der Waals surface area contributed by atoms with Crippen LogP contribution < -0.4 is 5.11 Å². The van der Waals surface area contributed by atoms with Gasteiger partial charge in [0.05, 0.1) is 5.97 Å². The standard InChI is InChI=1S/C6H5NO2S.2C6H5.ClH.Sn/c8-6(9)4-2-1-3-7-5(4)10;2*1-2-4-6-5-3-1;;/h1-3H,(H,7,10)(H,8,9);2*1-5H;1H;/q;;;;+2/p-2. The molecule has 0 atom stereocenters. The summed E-state index contributed by atoms with van der Waals surface area (Å²) in [4.78, 5) is 13.8. The van der Waals surface area contributed by atoms with Crippen LogP contribution in [0, 0.1) is 12.1 Å². The fourth-order valence-corrected chi connectivity index (χ4v) is 1.44. The van der Waals surface area contributed by atoms with E-state index in [1.54, 1.807) is 0 Å². The van der Waals surface area contributed by atoms with Crippen LogP contribution in [0.15, 0.2) is 84.0 Å². The molecule has 1 aromatic heterocycles. The first kappa shape index (κ1) is 24.6. The van der Waals surface area contributed by atoms with Gasteiger partial charge in [-0.1, -0.05) is 71.8 Å². The summed E-state index contributed by atoms with van der Waals surface area (Å²) in [6, 6.07) is 27.9. The van der Waals surface area contributed by atoms with Crippen LogP contribution in [-0.2, 0) is 12.6 Å². The quantitative estimate of drug-likeness (QED) is 0.412. The summed E-state index contributed by atoms with van der Waals surface area (Å²) in [5.41, 5.74) is -0.0301. The Morgan fingerprint density at radius 3 is 1.58 bits per heavy atom. The molecule has 120 valence electrons. The number of halogens is 1. The third kappa shape index (κ3) is 11.9. The first-order chi connectivity index (χ1) is 10.7. The fourth-order valence-electron chi connectivity index (χ4n) is 1.23. The zero-order valence-electron chi connectivity index (χ0n) is 12.6. The van der Waals surface area contributed by atoms with Gasteiger partial charge in [0.2, 0.25) is 0 Å². The van der Waals surface area contributed by atoms with Crippen molar-refractivity contribution < 1.29 is 9.90 Å². The molecule has 4 radical (unpaired) electrons. The third-order valence-corrected chi connectivity index (χ3v) is 2.53. The summed E-state index contributed by atoms with van der Waals surface area (Å²) in [6.45, 7) is 0. The second kappa shape index (κ2) is 16.2. The van der Waals surface area contributed by atoms with Crippen molar-refractivity contribution in [3.05, 3.63) is 96.7 Å².